The highest BCUT2D eigenvalue weighted by molar-refractivity contribution is 5.94. The van der Waals surface area contributed by atoms with Crippen LogP contribution in [0.2, 0.25) is 0 Å². The Kier molecular flexibility index (Phi) is 5.72. The second-order valence-electron chi connectivity index (χ2n) is 2.55. The lowest BCUT2D eigenvalue weighted by Gasteiger charge is -2.05. The molecule has 0 saturated carbocycles. The Labute approximate surface area is 85.9 Å². The van der Waals surface area contributed by atoms with Crippen LogP contribution in [0.15, 0.2) is 12.2 Å². The first-order valence-electron chi connectivity index (χ1n) is 3.99. The smallest absolute Gasteiger partial charge is 0.330 e. The molecule has 0 aromatic rings. The Bertz CT molecular complexity index is 287. The molecule has 0 bridgehead atoms. The Morgan fingerprint density at radius 1 is 1.47 bits per heavy atom. The molecular weight excluding hydrogens is 204 g/mol. The zero-order valence-electron chi connectivity index (χ0n) is 8.10. The molecule has 0 aliphatic heterocycles. The van der Waals surface area contributed by atoms with E-state index in [4.69, 9.17) is 10.8 Å². The van der Waals surface area contributed by atoms with E-state index in [1.54, 1.807) is 0 Å². The van der Waals surface area contributed by atoms with Gasteiger partial charge in [-0.25, -0.2) is 4.79 Å². The van der Waals surface area contributed by atoms with Crippen LogP contribution in [0.4, 0.5) is 0 Å². The van der Waals surface area contributed by atoms with Gasteiger partial charge in [0, 0.05) is 18.7 Å². The van der Waals surface area contributed by atoms with Gasteiger partial charge in [0.1, 0.15) is 6.04 Å². The van der Waals surface area contributed by atoms with E-state index in [0.29, 0.717) is 0 Å². The predicted octanol–water partition coefficient (Wildman–Crippen LogP) is -1.76. The van der Waals surface area contributed by atoms with Crippen LogP contribution in [-0.2, 0) is 19.1 Å². The number of carbonyl (C=O) groups excluding carboxylic acids is 2. The van der Waals surface area contributed by atoms with Crippen LogP contribution in [-0.4, -0.2) is 42.6 Å². The Hall–Kier alpha value is -1.89. The van der Waals surface area contributed by atoms with Crippen molar-refractivity contribution in [1.82, 2.24) is 5.32 Å². The normalized spacial score (nSPS) is 12.1. The largest absolute Gasteiger partial charge is 0.480 e. The second kappa shape index (κ2) is 6.55. The van der Waals surface area contributed by atoms with Crippen molar-refractivity contribution in [1.29, 1.82) is 0 Å². The number of carbonyl (C=O) groups is 3. The summed E-state index contributed by atoms with van der Waals surface area (Å²) in [7, 11) is 1.17. The summed E-state index contributed by atoms with van der Waals surface area (Å²) >= 11 is 0. The van der Waals surface area contributed by atoms with Crippen LogP contribution in [0, 0.1) is 0 Å². The summed E-state index contributed by atoms with van der Waals surface area (Å²) in [6, 6.07) is -1.17. The number of hydrogen-bond acceptors (Lipinski definition) is 5. The van der Waals surface area contributed by atoms with Crippen LogP contribution < -0.4 is 11.1 Å². The molecule has 1 amide bonds. The lowest BCUT2D eigenvalue weighted by atomic mass is 10.3. The summed E-state index contributed by atoms with van der Waals surface area (Å²) in [5.74, 6) is -2.50. The van der Waals surface area contributed by atoms with Crippen LogP contribution in [0.3, 0.4) is 0 Å². The number of nitrogens with one attached hydrogen (secondary N) is 1. The average Bonchev–Trinajstić information content (AvgIpc) is 2.21. The second-order valence-corrected chi connectivity index (χ2v) is 2.55. The van der Waals surface area contributed by atoms with Crippen LogP contribution >= 0.6 is 0 Å². The highest BCUT2D eigenvalue weighted by Crippen LogP contribution is 1.80. The van der Waals surface area contributed by atoms with Crippen molar-refractivity contribution in [3.8, 4) is 0 Å². The lowest BCUT2D eigenvalue weighted by Crippen LogP contribution is -2.42. The summed E-state index contributed by atoms with van der Waals surface area (Å²) in [5, 5.41) is 10.6. The Balaban J connectivity index is 3.90. The van der Waals surface area contributed by atoms with E-state index in [-0.39, 0.29) is 6.54 Å². The number of ether oxygens (including phenoxy) is 1. The van der Waals surface area contributed by atoms with E-state index in [1.165, 1.54) is 7.11 Å². The number of methoxy groups -OCH3 is 1. The van der Waals surface area contributed by atoms with Crippen molar-refractivity contribution < 1.29 is 24.2 Å². The molecule has 4 N–H and O–H groups in total. The number of esters is 1. The summed E-state index contributed by atoms with van der Waals surface area (Å²) in [5.41, 5.74) is 5.12. The van der Waals surface area contributed by atoms with Crippen LogP contribution in [0.1, 0.15) is 0 Å². The summed E-state index contributed by atoms with van der Waals surface area (Å²) < 4.78 is 4.24. The number of rotatable bonds is 5. The summed E-state index contributed by atoms with van der Waals surface area (Å²) in [6.45, 7) is -0.209. The Morgan fingerprint density at radius 2 is 2.07 bits per heavy atom. The molecule has 0 aromatic heterocycles. The molecule has 0 fully saturated rings. The minimum Gasteiger partial charge on any atom is -0.480 e. The molecule has 0 unspecified atom stereocenters. The summed E-state index contributed by atoms with van der Waals surface area (Å²) in [6.07, 6.45) is 1.85. The zero-order valence-corrected chi connectivity index (χ0v) is 8.10. The molecule has 7 nitrogen and oxygen atoms in total. The standard InChI is InChI=1S/C8H12N2O5/c1-15-7(12)3-2-6(11)10-4-5(9)8(13)14/h2-3,5H,4,9H2,1H3,(H,10,11)(H,13,14)/b3-2+/t5-/m1/s1. The van der Waals surface area contributed by atoms with E-state index < -0.39 is 23.9 Å². The molecular formula is C8H12N2O5. The van der Waals surface area contributed by atoms with Gasteiger partial charge >= 0.3 is 11.9 Å². The van der Waals surface area contributed by atoms with Gasteiger partial charge in [0.25, 0.3) is 0 Å². The molecule has 0 aliphatic rings. The maximum atomic E-state index is 10.9. The van der Waals surface area contributed by atoms with Gasteiger partial charge in [-0.15, -0.1) is 0 Å². The third-order valence-corrected chi connectivity index (χ3v) is 1.39. The van der Waals surface area contributed by atoms with Crippen molar-refractivity contribution in [2.45, 2.75) is 6.04 Å². The lowest BCUT2D eigenvalue weighted by molar-refractivity contribution is -0.138. The Morgan fingerprint density at radius 3 is 2.53 bits per heavy atom. The first-order chi connectivity index (χ1) is 6.97. The van der Waals surface area contributed by atoms with Crippen LogP contribution in [0.5, 0.6) is 0 Å². The highest BCUT2D eigenvalue weighted by atomic mass is 16.5. The third kappa shape index (κ3) is 6.22. The monoisotopic (exact) mass is 216 g/mol. The van der Waals surface area contributed by atoms with Crippen LogP contribution in [0.25, 0.3) is 0 Å². The molecule has 84 valence electrons. The molecule has 15 heavy (non-hydrogen) atoms. The highest BCUT2D eigenvalue weighted by Gasteiger charge is 2.11. The van der Waals surface area contributed by atoms with Gasteiger partial charge in [0.2, 0.25) is 5.91 Å². The SMILES string of the molecule is COC(=O)/C=C/C(=O)NC[C@@H](N)C(=O)O. The van der Waals surface area contributed by atoms with Crippen molar-refractivity contribution in [3.63, 3.8) is 0 Å². The minimum atomic E-state index is -1.22. The molecule has 0 rings (SSSR count). The maximum absolute atomic E-state index is 10.9. The van der Waals surface area contributed by atoms with Crippen molar-refractivity contribution in [2.24, 2.45) is 5.73 Å². The quantitative estimate of drug-likeness (QED) is 0.370. The van der Waals surface area contributed by atoms with Gasteiger partial charge in [-0.05, 0) is 0 Å². The van der Waals surface area contributed by atoms with E-state index in [1.807, 2.05) is 0 Å². The van der Waals surface area contributed by atoms with E-state index in [9.17, 15) is 14.4 Å². The molecule has 1 atom stereocenters. The van der Waals surface area contributed by atoms with Gasteiger partial charge in [0.05, 0.1) is 7.11 Å². The molecule has 0 heterocycles. The fourth-order valence-corrected chi connectivity index (χ4v) is 0.569. The number of nitrogens with two attached hydrogens (primary N) is 1. The van der Waals surface area contributed by atoms with Gasteiger partial charge in [-0.1, -0.05) is 0 Å². The third-order valence-electron chi connectivity index (χ3n) is 1.39. The molecule has 0 aromatic carbocycles. The molecule has 0 saturated heterocycles. The van der Waals surface area contributed by atoms with Crippen molar-refractivity contribution in [3.05, 3.63) is 12.2 Å². The zero-order chi connectivity index (χ0) is 11.8. The van der Waals surface area contributed by atoms with E-state index in [0.717, 1.165) is 12.2 Å². The first kappa shape index (κ1) is 13.1. The molecule has 0 aliphatic carbocycles. The minimum absolute atomic E-state index is 0.209. The molecule has 0 spiro atoms. The molecule has 0 radical (unpaired) electrons. The number of amides is 1. The van der Waals surface area contributed by atoms with Gasteiger partial charge < -0.3 is 20.9 Å². The number of hydrogen-bond donors (Lipinski definition) is 3. The summed E-state index contributed by atoms with van der Waals surface area (Å²) in [4.78, 5) is 31.7. The van der Waals surface area contributed by atoms with Crippen molar-refractivity contribution >= 4 is 17.8 Å². The fraction of sp³-hybridized carbons (Fsp3) is 0.375. The average molecular weight is 216 g/mol. The first-order valence-corrected chi connectivity index (χ1v) is 3.99. The number of carboxylic acids is 1. The number of carboxylic acid groups (broad SMARTS) is 1. The maximum Gasteiger partial charge on any atom is 0.330 e. The topological polar surface area (TPSA) is 119 Å². The van der Waals surface area contributed by atoms with E-state index in [2.05, 4.69) is 10.1 Å². The van der Waals surface area contributed by atoms with Crippen molar-refractivity contribution in [2.75, 3.05) is 13.7 Å². The van der Waals surface area contributed by atoms with E-state index >= 15 is 0 Å². The molecule has 7 heteroatoms. The fourth-order valence-electron chi connectivity index (χ4n) is 0.569. The van der Waals surface area contributed by atoms with Gasteiger partial charge in [-0.2, -0.15) is 0 Å². The van der Waals surface area contributed by atoms with Gasteiger partial charge in [-0.3, -0.25) is 9.59 Å². The predicted molar refractivity (Wildman–Crippen MR) is 49.8 cm³/mol. The number of aliphatic carboxylic acids is 1. The van der Waals surface area contributed by atoms with Gasteiger partial charge in [0.15, 0.2) is 0 Å².